The second-order valence-electron chi connectivity index (χ2n) is 7.48. The number of alkyl halides is 3. The summed E-state index contributed by atoms with van der Waals surface area (Å²) in [7, 11) is -5.64. The molecule has 24 heavy (non-hydrogen) atoms. The first kappa shape index (κ1) is 16.2. The lowest BCUT2D eigenvalue weighted by atomic mass is 9.50. The maximum absolute atomic E-state index is 12.7. The average molecular weight is 360 g/mol. The molecule has 0 saturated heterocycles. The third kappa shape index (κ3) is 2.61. The molecule has 4 aliphatic carbocycles. The van der Waals surface area contributed by atoms with Crippen molar-refractivity contribution in [3.8, 4) is 5.75 Å². The van der Waals surface area contributed by atoms with E-state index in [4.69, 9.17) is 0 Å². The molecule has 3 nitrogen and oxygen atoms in total. The molecule has 132 valence electrons. The normalized spacial score (nSPS) is 35.2. The van der Waals surface area contributed by atoms with E-state index in [1.165, 1.54) is 18.6 Å². The standard InChI is InChI=1S/C17H19F3O3S/c18-17(19,20)24(21,22)23-15-4-2-1-3-14(15)16-12-6-10-5-11(8-12)9-13(16)7-10/h1-4,10-13,16H,5-9H2. The quantitative estimate of drug-likeness (QED) is 0.591. The van der Waals surface area contributed by atoms with E-state index in [0.717, 1.165) is 37.5 Å². The van der Waals surface area contributed by atoms with Crippen molar-refractivity contribution in [1.82, 2.24) is 0 Å². The first-order chi connectivity index (χ1) is 11.2. The van der Waals surface area contributed by atoms with Crippen molar-refractivity contribution < 1.29 is 25.8 Å². The summed E-state index contributed by atoms with van der Waals surface area (Å²) >= 11 is 0. The Kier molecular flexibility index (Phi) is 3.64. The second-order valence-corrected chi connectivity index (χ2v) is 9.02. The van der Waals surface area contributed by atoms with Crippen LogP contribution in [0.1, 0.15) is 43.6 Å². The molecule has 0 aliphatic heterocycles. The molecule has 0 aromatic heterocycles. The van der Waals surface area contributed by atoms with Gasteiger partial charge in [0.05, 0.1) is 0 Å². The van der Waals surface area contributed by atoms with Gasteiger partial charge in [0.1, 0.15) is 5.75 Å². The highest BCUT2D eigenvalue weighted by Crippen LogP contribution is 2.60. The molecule has 0 heterocycles. The first-order valence-corrected chi connectivity index (χ1v) is 9.75. The van der Waals surface area contributed by atoms with Gasteiger partial charge in [-0.1, -0.05) is 18.2 Å². The van der Waals surface area contributed by atoms with Crippen LogP contribution < -0.4 is 4.18 Å². The molecule has 4 aliphatic rings. The van der Waals surface area contributed by atoms with Crippen molar-refractivity contribution in [2.75, 3.05) is 0 Å². The van der Waals surface area contributed by atoms with E-state index in [0.29, 0.717) is 17.4 Å². The lowest BCUT2D eigenvalue weighted by molar-refractivity contribution is -0.0501. The summed E-state index contributed by atoms with van der Waals surface area (Å²) in [5, 5.41) is 0. The fourth-order valence-electron chi connectivity index (χ4n) is 5.43. The van der Waals surface area contributed by atoms with Crippen molar-refractivity contribution in [3.63, 3.8) is 0 Å². The van der Waals surface area contributed by atoms with Gasteiger partial charge in [-0.15, -0.1) is 0 Å². The maximum Gasteiger partial charge on any atom is 0.534 e. The lowest BCUT2D eigenvalue weighted by Crippen LogP contribution is -2.44. The van der Waals surface area contributed by atoms with E-state index in [1.54, 1.807) is 12.1 Å². The number of para-hydroxylation sites is 1. The highest BCUT2D eigenvalue weighted by molar-refractivity contribution is 7.88. The van der Waals surface area contributed by atoms with Crippen LogP contribution in [0.5, 0.6) is 5.75 Å². The van der Waals surface area contributed by atoms with Gasteiger partial charge in [-0.3, -0.25) is 0 Å². The monoisotopic (exact) mass is 360 g/mol. The molecule has 0 unspecified atom stereocenters. The van der Waals surface area contributed by atoms with Gasteiger partial charge < -0.3 is 4.18 Å². The van der Waals surface area contributed by atoms with Gasteiger partial charge >= 0.3 is 15.6 Å². The largest absolute Gasteiger partial charge is 0.534 e. The minimum atomic E-state index is -5.64. The highest BCUT2D eigenvalue weighted by atomic mass is 32.2. The maximum atomic E-state index is 12.7. The summed E-state index contributed by atoms with van der Waals surface area (Å²) in [6.07, 6.45) is 5.66. The van der Waals surface area contributed by atoms with Crippen LogP contribution in [0.25, 0.3) is 0 Å². The minimum absolute atomic E-state index is 0.109. The molecular formula is C17H19F3O3S. The first-order valence-electron chi connectivity index (χ1n) is 8.34. The van der Waals surface area contributed by atoms with Gasteiger partial charge in [0.15, 0.2) is 0 Å². The zero-order chi connectivity index (χ0) is 17.1. The number of rotatable bonds is 3. The Bertz CT molecular complexity index is 714. The van der Waals surface area contributed by atoms with Crippen molar-refractivity contribution in [2.24, 2.45) is 23.7 Å². The summed E-state index contributed by atoms with van der Waals surface area (Å²) in [6, 6.07) is 6.33. The van der Waals surface area contributed by atoms with Crippen LogP contribution in [-0.2, 0) is 10.1 Å². The second kappa shape index (κ2) is 5.38. The molecule has 7 heteroatoms. The van der Waals surface area contributed by atoms with E-state index in [1.807, 2.05) is 0 Å². The SMILES string of the molecule is O=S(=O)(Oc1ccccc1C1C2CC3CC(C2)CC1C3)C(F)(F)F. The predicted octanol–water partition coefficient (Wildman–Crippen LogP) is 4.45. The Morgan fingerprint density at radius 1 is 0.917 bits per heavy atom. The molecule has 0 atom stereocenters. The van der Waals surface area contributed by atoms with Crippen LogP contribution in [0.3, 0.4) is 0 Å². The van der Waals surface area contributed by atoms with Crippen LogP contribution in [0.4, 0.5) is 13.2 Å². The van der Waals surface area contributed by atoms with Gasteiger partial charge in [0, 0.05) is 0 Å². The summed E-state index contributed by atoms with van der Waals surface area (Å²) in [5.41, 5.74) is -4.79. The molecular weight excluding hydrogens is 341 g/mol. The molecule has 5 rings (SSSR count). The van der Waals surface area contributed by atoms with Gasteiger partial charge in [-0.2, -0.15) is 21.6 Å². The Balaban J connectivity index is 1.68. The van der Waals surface area contributed by atoms with Crippen LogP contribution in [-0.4, -0.2) is 13.9 Å². The molecule has 0 radical (unpaired) electrons. The van der Waals surface area contributed by atoms with E-state index >= 15 is 0 Å². The van der Waals surface area contributed by atoms with Gasteiger partial charge in [0.2, 0.25) is 0 Å². The van der Waals surface area contributed by atoms with E-state index < -0.39 is 15.6 Å². The number of halogens is 3. The fraction of sp³-hybridized carbons (Fsp3) is 0.647. The van der Waals surface area contributed by atoms with E-state index in [2.05, 4.69) is 4.18 Å². The number of hydrogen-bond acceptors (Lipinski definition) is 3. The molecule has 4 fully saturated rings. The van der Waals surface area contributed by atoms with Crippen molar-refractivity contribution >= 4 is 10.1 Å². The van der Waals surface area contributed by atoms with Crippen LogP contribution >= 0.6 is 0 Å². The summed E-state index contributed by atoms with van der Waals surface area (Å²) < 4.78 is 65.3. The highest BCUT2D eigenvalue weighted by Gasteiger charge is 2.51. The lowest BCUT2D eigenvalue weighted by Gasteiger charge is -2.54. The molecule has 0 spiro atoms. The Hall–Kier alpha value is -1.24. The van der Waals surface area contributed by atoms with Gasteiger partial charge in [-0.25, -0.2) is 0 Å². The Morgan fingerprint density at radius 3 is 2.00 bits per heavy atom. The summed E-state index contributed by atoms with van der Waals surface area (Å²) in [5.74, 6) is 2.27. The molecule has 0 N–H and O–H groups in total. The topological polar surface area (TPSA) is 43.4 Å². The molecule has 4 saturated carbocycles. The van der Waals surface area contributed by atoms with Gasteiger partial charge in [0.25, 0.3) is 0 Å². The Labute approximate surface area is 139 Å². The zero-order valence-corrected chi connectivity index (χ0v) is 13.8. The predicted molar refractivity (Wildman–Crippen MR) is 81.8 cm³/mol. The van der Waals surface area contributed by atoms with Gasteiger partial charge in [-0.05, 0) is 73.3 Å². The van der Waals surface area contributed by atoms with Crippen LogP contribution in [0.15, 0.2) is 24.3 Å². The summed E-state index contributed by atoms with van der Waals surface area (Å²) in [4.78, 5) is 0. The third-order valence-corrected chi connectivity index (χ3v) is 6.95. The Morgan fingerprint density at radius 2 is 1.46 bits per heavy atom. The molecule has 1 aromatic rings. The van der Waals surface area contributed by atoms with Crippen molar-refractivity contribution in [3.05, 3.63) is 29.8 Å². The number of hydrogen-bond donors (Lipinski definition) is 0. The van der Waals surface area contributed by atoms with E-state index in [-0.39, 0.29) is 11.7 Å². The van der Waals surface area contributed by atoms with Crippen molar-refractivity contribution in [2.45, 2.75) is 43.5 Å². The van der Waals surface area contributed by atoms with E-state index in [9.17, 15) is 21.6 Å². The van der Waals surface area contributed by atoms with Crippen LogP contribution in [0, 0.1) is 23.7 Å². The smallest absolute Gasteiger partial charge is 0.376 e. The van der Waals surface area contributed by atoms with Crippen LogP contribution in [0.2, 0.25) is 0 Å². The van der Waals surface area contributed by atoms with Crippen molar-refractivity contribution in [1.29, 1.82) is 0 Å². The molecule has 1 aromatic carbocycles. The minimum Gasteiger partial charge on any atom is -0.376 e. The fourth-order valence-corrected chi connectivity index (χ4v) is 5.91. The molecule has 4 bridgehead atoms. The molecule has 0 amide bonds. The number of benzene rings is 1. The summed E-state index contributed by atoms with van der Waals surface area (Å²) in [6.45, 7) is 0. The third-order valence-electron chi connectivity index (χ3n) is 5.99. The zero-order valence-electron chi connectivity index (χ0n) is 13.0. The average Bonchev–Trinajstić information content (AvgIpc) is 2.46.